The fourth-order valence-electron chi connectivity index (χ4n) is 1.72. The summed E-state index contributed by atoms with van der Waals surface area (Å²) in [7, 11) is 0. The van der Waals surface area contributed by atoms with E-state index in [1.807, 2.05) is 0 Å². The Balaban J connectivity index is 3.10. The molecule has 0 spiro atoms. The van der Waals surface area contributed by atoms with Crippen LogP contribution in [0.3, 0.4) is 0 Å². The number of benzene rings is 1. The van der Waals surface area contributed by atoms with Crippen LogP contribution in [0, 0.1) is 17.5 Å². The third-order valence-electron chi connectivity index (χ3n) is 2.88. The molecule has 0 heterocycles. The Hall–Kier alpha value is -1.60. The first-order chi connectivity index (χ1) is 9.27. The number of nitrogens with zero attached hydrogens (tertiary/aromatic N) is 1. The van der Waals surface area contributed by atoms with Crippen molar-refractivity contribution >= 4 is 5.91 Å². The highest BCUT2D eigenvalue weighted by molar-refractivity contribution is 5.81. The molecule has 112 valence electrons. The molecule has 1 aromatic carbocycles. The van der Waals surface area contributed by atoms with E-state index in [1.165, 1.54) is 13.8 Å². The van der Waals surface area contributed by atoms with Gasteiger partial charge >= 0.3 is 0 Å². The standard InChI is InChI=1S/C13H17F3N2O2/c1-7(6-19)18(13(20)8(2)17)5-9-3-10(14)4-11(15)12(9)16/h3-4,7-8,19H,5-6,17H2,1-2H3/t7-,8+/m0/s1. The Morgan fingerprint density at radius 1 is 1.35 bits per heavy atom. The van der Waals surface area contributed by atoms with E-state index < -0.39 is 35.4 Å². The number of aliphatic hydroxyl groups is 1. The fourth-order valence-corrected chi connectivity index (χ4v) is 1.72. The lowest BCUT2D eigenvalue weighted by Crippen LogP contribution is -2.47. The van der Waals surface area contributed by atoms with Gasteiger partial charge in [-0.3, -0.25) is 4.79 Å². The summed E-state index contributed by atoms with van der Waals surface area (Å²) in [5, 5.41) is 9.12. The van der Waals surface area contributed by atoms with E-state index >= 15 is 0 Å². The van der Waals surface area contributed by atoms with Crippen molar-refractivity contribution in [1.29, 1.82) is 0 Å². The summed E-state index contributed by atoms with van der Waals surface area (Å²) in [6.45, 7) is 2.20. The first kappa shape index (κ1) is 16.5. The smallest absolute Gasteiger partial charge is 0.239 e. The summed E-state index contributed by atoms with van der Waals surface area (Å²) in [5.74, 6) is -4.04. The number of aliphatic hydroxyl groups excluding tert-OH is 1. The lowest BCUT2D eigenvalue weighted by Gasteiger charge is -2.29. The highest BCUT2D eigenvalue weighted by Crippen LogP contribution is 2.18. The van der Waals surface area contributed by atoms with Gasteiger partial charge in [-0.1, -0.05) is 0 Å². The van der Waals surface area contributed by atoms with Crippen LogP contribution in [0.15, 0.2) is 12.1 Å². The second kappa shape index (κ2) is 6.71. The van der Waals surface area contributed by atoms with Gasteiger partial charge in [0.15, 0.2) is 11.6 Å². The summed E-state index contributed by atoms with van der Waals surface area (Å²) < 4.78 is 39.9. The van der Waals surface area contributed by atoms with Crippen LogP contribution in [0.4, 0.5) is 13.2 Å². The Kier molecular flexibility index (Phi) is 5.52. The molecule has 3 N–H and O–H groups in total. The molecule has 0 radical (unpaired) electrons. The van der Waals surface area contributed by atoms with Gasteiger partial charge < -0.3 is 15.7 Å². The zero-order valence-electron chi connectivity index (χ0n) is 11.2. The monoisotopic (exact) mass is 290 g/mol. The van der Waals surface area contributed by atoms with Gasteiger partial charge in [-0.15, -0.1) is 0 Å². The lowest BCUT2D eigenvalue weighted by atomic mass is 10.1. The van der Waals surface area contributed by atoms with Crippen LogP contribution in [0.2, 0.25) is 0 Å². The normalized spacial score (nSPS) is 13.9. The Bertz CT molecular complexity index is 495. The van der Waals surface area contributed by atoms with E-state index in [2.05, 4.69) is 0 Å². The Morgan fingerprint density at radius 2 is 1.95 bits per heavy atom. The number of hydrogen-bond donors (Lipinski definition) is 2. The molecule has 1 rings (SSSR count). The first-order valence-electron chi connectivity index (χ1n) is 6.08. The van der Waals surface area contributed by atoms with Crippen molar-refractivity contribution in [3.8, 4) is 0 Å². The molecule has 0 saturated carbocycles. The van der Waals surface area contributed by atoms with Crippen LogP contribution in [-0.4, -0.2) is 34.6 Å². The van der Waals surface area contributed by atoms with Crippen LogP contribution in [-0.2, 0) is 11.3 Å². The zero-order chi connectivity index (χ0) is 15.4. The van der Waals surface area contributed by atoms with E-state index in [0.29, 0.717) is 6.07 Å². The molecular formula is C13H17F3N2O2. The van der Waals surface area contributed by atoms with Crippen LogP contribution in [0.1, 0.15) is 19.4 Å². The second-order valence-electron chi connectivity index (χ2n) is 4.65. The summed E-state index contributed by atoms with van der Waals surface area (Å²) in [6.07, 6.45) is 0. The maximum atomic E-state index is 13.6. The van der Waals surface area contributed by atoms with Gasteiger partial charge in [-0.05, 0) is 19.9 Å². The van der Waals surface area contributed by atoms with Gasteiger partial charge in [0.25, 0.3) is 0 Å². The quantitative estimate of drug-likeness (QED) is 0.800. The summed E-state index contributed by atoms with van der Waals surface area (Å²) in [5.41, 5.74) is 5.16. The minimum Gasteiger partial charge on any atom is -0.394 e. The van der Waals surface area contributed by atoms with Crippen molar-refractivity contribution in [3.63, 3.8) is 0 Å². The molecule has 1 amide bonds. The van der Waals surface area contributed by atoms with E-state index in [1.54, 1.807) is 0 Å². The number of halogens is 3. The third kappa shape index (κ3) is 3.71. The molecule has 0 aliphatic heterocycles. The molecule has 0 unspecified atom stereocenters. The van der Waals surface area contributed by atoms with Crippen LogP contribution in [0.5, 0.6) is 0 Å². The zero-order valence-corrected chi connectivity index (χ0v) is 11.2. The molecule has 0 aliphatic carbocycles. The number of amides is 1. The van der Waals surface area contributed by atoms with Crippen LogP contribution < -0.4 is 5.73 Å². The van der Waals surface area contributed by atoms with Crippen molar-refractivity contribution in [2.75, 3.05) is 6.61 Å². The number of carbonyl (C=O) groups is 1. The number of carbonyl (C=O) groups excluding carboxylic acids is 1. The van der Waals surface area contributed by atoms with Crippen molar-refractivity contribution < 1.29 is 23.1 Å². The Morgan fingerprint density at radius 3 is 2.45 bits per heavy atom. The van der Waals surface area contributed by atoms with Crippen molar-refractivity contribution in [2.24, 2.45) is 5.73 Å². The molecule has 1 aromatic rings. The number of rotatable bonds is 5. The number of hydrogen-bond acceptors (Lipinski definition) is 3. The van der Waals surface area contributed by atoms with Gasteiger partial charge in [0, 0.05) is 18.2 Å². The fraction of sp³-hybridized carbons (Fsp3) is 0.462. The van der Waals surface area contributed by atoms with Gasteiger partial charge in [-0.2, -0.15) is 0 Å². The average molecular weight is 290 g/mol. The van der Waals surface area contributed by atoms with E-state index in [0.717, 1.165) is 11.0 Å². The highest BCUT2D eigenvalue weighted by atomic mass is 19.2. The molecule has 4 nitrogen and oxygen atoms in total. The Labute approximate surface area is 115 Å². The average Bonchev–Trinajstić information content (AvgIpc) is 2.39. The molecule has 0 fully saturated rings. The number of nitrogens with two attached hydrogens (primary N) is 1. The lowest BCUT2D eigenvalue weighted by molar-refractivity contribution is -0.135. The molecule has 0 aromatic heterocycles. The predicted octanol–water partition coefficient (Wildman–Crippen LogP) is 1.16. The molecule has 0 aliphatic rings. The molecule has 0 saturated heterocycles. The maximum absolute atomic E-state index is 13.6. The third-order valence-corrected chi connectivity index (χ3v) is 2.88. The molecular weight excluding hydrogens is 273 g/mol. The second-order valence-corrected chi connectivity index (χ2v) is 4.65. The molecule has 0 bridgehead atoms. The van der Waals surface area contributed by atoms with Gasteiger partial charge in [-0.25, -0.2) is 13.2 Å². The minimum absolute atomic E-state index is 0.309. The van der Waals surface area contributed by atoms with Gasteiger partial charge in [0.2, 0.25) is 5.91 Å². The van der Waals surface area contributed by atoms with Gasteiger partial charge in [0.1, 0.15) is 5.82 Å². The van der Waals surface area contributed by atoms with Crippen molar-refractivity contribution in [3.05, 3.63) is 35.1 Å². The molecule has 7 heteroatoms. The van der Waals surface area contributed by atoms with Crippen molar-refractivity contribution in [2.45, 2.75) is 32.5 Å². The summed E-state index contributed by atoms with van der Waals surface area (Å²) >= 11 is 0. The minimum atomic E-state index is -1.33. The van der Waals surface area contributed by atoms with Gasteiger partial charge in [0.05, 0.1) is 18.7 Å². The summed E-state index contributed by atoms with van der Waals surface area (Å²) in [6, 6.07) is -0.291. The maximum Gasteiger partial charge on any atom is 0.239 e. The predicted molar refractivity (Wildman–Crippen MR) is 67.1 cm³/mol. The first-order valence-corrected chi connectivity index (χ1v) is 6.08. The van der Waals surface area contributed by atoms with E-state index in [4.69, 9.17) is 10.8 Å². The highest BCUT2D eigenvalue weighted by Gasteiger charge is 2.24. The topological polar surface area (TPSA) is 66.6 Å². The van der Waals surface area contributed by atoms with Crippen LogP contribution in [0.25, 0.3) is 0 Å². The van der Waals surface area contributed by atoms with E-state index in [9.17, 15) is 18.0 Å². The van der Waals surface area contributed by atoms with E-state index in [-0.39, 0.29) is 18.7 Å². The van der Waals surface area contributed by atoms with Crippen molar-refractivity contribution in [1.82, 2.24) is 4.90 Å². The molecule has 2 atom stereocenters. The molecule has 20 heavy (non-hydrogen) atoms. The SMILES string of the molecule is C[C@@H](N)C(=O)N(Cc1cc(F)cc(F)c1F)[C@@H](C)CO. The summed E-state index contributed by atoms with van der Waals surface area (Å²) in [4.78, 5) is 13.0. The van der Waals surface area contributed by atoms with Crippen LogP contribution >= 0.6 is 0 Å². The largest absolute Gasteiger partial charge is 0.394 e.